The predicted molar refractivity (Wildman–Crippen MR) is 49.6 cm³/mol. The van der Waals surface area contributed by atoms with E-state index in [4.69, 9.17) is 23.2 Å². The third kappa shape index (κ3) is 1.42. The van der Waals surface area contributed by atoms with Crippen molar-refractivity contribution in [2.45, 2.75) is 12.5 Å². The first kappa shape index (κ1) is 8.30. The minimum Gasteiger partial charge on any atom is -0.310 e. The standard InChI is InChI=1S/C8H8Cl2N2/c9-6-3-5(4-12-8(6)10)7-1-2-11-7/h3-4,7,11H,1-2H2. The van der Waals surface area contributed by atoms with Gasteiger partial charge in [0.15, 0.2) is 0 Å². The van der Waals surface area contributed by atoms with E-state index in [2.05, 4.69) is 10.3 Å². The molecule has 4 heteroatoms. The van der Waals surface area contributed by atoms with E-state index in [1.807, 2.05) is 6.07 Å². The second kappa shape index (κ2) is 3.21. The Hall–Kier alpha value is -0.310. The quantitative estimate of drug-likeness (QED) is 0.709. The minimum absolute atomic E-state index is 0.375. The highest BCUT2D eigenvalue weighted by Crippen LogP contribution is 2.27. The van der Waals surface area contributed by atoms with E-state index in [0.717, 1.165) is 18.5 Å². The van der Waals surface area contributed by atoms with Crippen molar-refractivity contribution in [3.8, 4) is 0 Å². The Morgan fingerprint density at radius 3 is 2.75 bits per heavy atom. The highest BCUT2D eigenvalue weighted by molar-refractivity contribution is 6.41. The van der Waals surface area contributed by atoms with Crippen molar-refractivity contribution < 1.29 is 0 Å². The number of nitrogens with zero attached hydrogens (tertiary/aromatic N) is 1. The molecular formula is C8H8Cl2N2. The molecule has 1 aromatic heterocycles. The molecule has 0 aliphatic carbocycles. The summed E-state index contributed by atoms with van der Waals surface area (Å²) in [5, 5.41) is 4.17. The average molecular weight is 203 g/mol. The van der Waals surface area contributed by atoms with Crippen LogP contribution < -0.4 is 5.32 Å². The lowest BCUT2D eigenvalue weighted by Gasteiger charge is -2.27. The zero-order valence-electron chi connectivity index (χ0n) is 6.35. The van der Waals surface area contributed by atoms with Gasteiger partial charge in [-0.3, -0.25) is 0 Å². The Kier molecular flexibility index (Phi) is 2.22. The SMILES string of the molecule is Clc1cc(C2CCN2)cnc1Cl. The largest absolute Gasteiger partial charge is 0.310 e. The molecule has 0 aromatic carbocycles. The lowest BCUT2D eigenvalue weighted by molar-refractivity contribution is 0.382. The van der Waals surface area contributed by atoms with Crippen molar-refractivity contribution in [3.05, 3.63) is 28.0 Å². The van der Waals surface area contributed by atoms with Crippen LogP contribution in [0, 0.1) is 0 Å². The first-order chi connectivity index (χ1) is 5.77. The van der Waals surface area contributed by atoms with Crippen LogP contribution in [-0.4, -0.2) is 11.5 Å². The Morgan fingerprint density at radius 2 is 2.25 bits per heavy atom. The van der Waals surface area contributed by atoms with Crippen LogP contribution in [0.1, 0.15) is 18.0 Å². The minimum atomic E-state index is 0.375. The van der Waals surface area contributed by atoms with E-state index in [0.29, 0.717) is 16.2 Å². The molecule has 0 radical (unpaired) electrons. The zero-order chi connectivity index (χ0) is 8.55. The normalized spacial score (nSPS) is 22.0. The molecule has 1 aliphatic heterocycles. The summed E-state index contributed by atoms with van der Waals surface area (Å²) in [5.74, 6) is 0. The van der Waals surface area contributed by atoms with Gasteiger partial charge in [0.1, 0.15) is 5.15 Å². The molecule has 2 heterocycles. The third-order valence-corrected chi connectivity index (χ3v) is 2.73. The van der Waals surface area contributed by atoms with Gasteiger partial charge in [-0.2, -0.15) is 0 Å². The Bertz CT molecular complexity index is 297. The fourth-order valence-electron chi connectivity index (χ4n) is 1.20. The Morgan fingerprint density at radius 1 is 1.50 bits per heavy atom. The number of pyridine rings is 1. The molecule has 1 saturated heterocycles. The fourth-order valence-corrected chi connectivity index (χ4v) is 1.48. The predicted octanol–water partition coefficient (Wildman–Crippen LogP) is 2.42. The van der Waals surface area contributed by atoms with E-state index in [1.54, 1.807) is 6.20 Å². The number of rotatable bonds is 1. The first-order valence-corrected chi connectivity index (χ1v) is 4.57. The van der Waals surface area contributed by atoms with Crippen LogP contribution in [0.15, 0.2) is 12.3 Å². The first-order valence-electron chi connectivity index (χ1n) is 3.81. The van der Waals surface area contributed by atoms with Gasteiger partial charge in [0, 0.05) is 12.2 Å². The Labute approximate surface area is 80.9 Å². The average Bonchev–Trinajstić information content (AvgIpc) is 1.93. The van der Waals surface area contributed by atoms with Crippen molar-refractivity contribution in [1.82, 2.24) is 10.3 Å². The molecule has 0 spiro atoms. The van der Waals surface area contributed by atoms with Crippen molar-refractivity contribution in [2.75, 3.05) is 6.54 Å². The van der Waals surface area contributed by atoms with Crippen LogP contribution in [0.3, 0.4) is 0 Å². The van der Waals surface area contributed by atoms with Crippen molar-refractivity contribution >= 4 is 23.2 Å². The second-order valence-electron chi connectivity index (χ2n) is 2.84. The van der Waals surface area contributed by atoms with Crippen LogP contribution in [0.2, 0.25) is 10.2 Å². The molecule has 1 unspecified atom stereocenters. The highest BCUT2D eigenvalue weighted by Gasteiger charge is 2.19. The molecule has 64 valence electrons. The Balaban J connectivity index is 2.27. The van der Waals surface area contributed by atoms with Crippen LogP contribution in [0.4, 0.5) is 0 Å². The summed E-state index contributed by atoms with van der Waals surface area (Å²) in [6.07, 6.45) is 2.92. The van der Waals surface area contributed by atoms with Gasteiger partial charge < -0.3 is 5.32 Å². The van der Waals surface area contributed by atoms with E-state index in [1.165, 1.54) is 0 Å². The molecule has 1 fully saturated rings. The molecule has 1 atom stereocenters. The molecule has 0 saturated carbocycles. The summed E-state index contributed by atoms with van der Waals surface area (Å²) in [5.41, 5.74) is 1.12. The van der Waals surface area contributed by atoms with Crippen LogP contribution >= 0.6 is 23.2 Å². The van der Waals surface area contributed by atoms with Crippen molar-refractivity contribution in [3.63, 3.8) is 0 Å². The van der Waals surface area contributed by atoms with E-state index in [9.17, 15) is 0 Å². The zero-order valence-corrected chi connectivity index (χ0v) is 7.86. The maximum absolute atomic E-state index is 5.82. The number of halogens is 2. The number of aromatic nitrogens is 1. The van der Waals surface area contributed by atoms with Gasteiger partial charge >= 0.3 is 0 Å². The van der Waals surface area contributed by atoms with Gasteiger partial charge in [-0.1, -0.05) is 23.2 Å². The van der Waals surface area contributed by atoms with E-state index >= 15 is 0 Å². The van der Waals surface area contributed by atoms with Gasteiger partial charge in [-0.05, 0) is 24.6 Å². The van der Waals surface area contributed by atoms with Crippen molar-refractivity contribution in [2.24, 2.45) is 0 Å². The van der Waals surface area contributed by atoms with Gasteiger partial charge in [-0.25, -0.2) is 4.98 Å². The number of hydrogen-bond donors (Lipinski definition) is 1. The molecule has 12 heavy (non-hydrogen) atoms. The molecule has 1 N–H and O–H groups in total. The molecule has 2 nitrogen and oxygen atoms in total. The van der Waals surface area contributed by atoms with Crippen LogP contribution in [0.5, 0.6) is 0 Å². The molecule has 1 aliphatic rings. The maximum Gasteiger partial charge on any atom is 0.147 e. The highest BCUT2D eigenvalue weighted by atomic mass is 35.5. The third-order valence-electron chi connectivity index (χ3n) is 2.04. The second-order valence-corrected chi connectivity index (χ2v) is 3.60. The fraction of sp³-hybridized carbons (Fsp3) is 0.375. The summed E-state index contributed by atoms with van der Waals surface area (Å²) in [7, 11) is 0. The molecular weight excluding hydrogens is 195 g/mol. The topological polar surface area (TPSA) is 24.9 Å². The van der Waals surface area contributed by atoms with Gasteiger partial charge in [0.05, 0.1) is 5.02 Å². The summed E-state index contributed by atoms with van der Waals surface area (Å²) in [6.45, 7) is 1.07. The molecule has 2 rings (SSSR count). The number of hydrogen-bond acceptors (Lipinski definition) is 2. The van der Waals surface area contributed by atoms with Crippen LogP contribution in [0.25, 0.3) is 0 Å². The summed E-state index contributed by atoms with van der Waals surface area (Å²) >= 11 is 11.5. The summed E-state index contributed by atoms with van der Waals surface area (Å²) < 4.78 is 0. The molecule has 1 aromatic rings. The molecule has 0 amide bonds. The van der Waals surface area contributed by atoms with Gasteiger partial charge in [0.2, 0.25) is 0 Å². The van der Waals surface area contributed by atoms with Crippen LogP contribution in [-0.2, 0) is 0 Å². The monoisotopic (exact) mass is 202 g/mol. The lowest BCUT2D eigenvalue weighted by Crippen LogP contribution is -2.34. The summed E-state index contributed by atoms with van der Waals surface area (Å²) in [6, 6.07) is 2.29. The number of nitrogens with one attached hydrogen (secondary N) is 1. The van der Waals surface area contributed by atoms with E-state index in [-0.39, 0.29) is 0 Å². The van der Waals surface area contributed by atoms with E-state index < -0.39 is 0 Å². The van der Waals surface area contributed by atoms with Crippen molar-refractivity contribution in [1.29, 1.82) is 0 Å². The summed E-state index contributed by atoms with van der Waals surface area (Å²) in [4.78, 5) is 3.98. The molecule has 0 bridgehead atoms. The smallest absolute Gasteiger partial charge is 0.147 e. The van der Waals surface area contributed by atoms with Gasteiger partial charge in [-0.15, -0.1) is 0 Å². The lowest BCUT2D eigenvalue weighted by atomic mass is 10.0. The van der Waals surface area contributed by atoms with Gasteiger partial charge in [0.25, 0.3) is 0 Å². The maximum atomic E-state index is 5.82.